The molecule has 0 fully saturated rings. The number of aliphatic carboxylic acids is 1. The van der Waals surface area contributed by atoms with Gasteiger partial charge in [0.25, 0.3) is 0 Å². The number of hydrogen-bond donors (Lipinski definition) is 1. The highest BCUT2D eigenvalue weighted by Crippen LogP contribution is 2.33. The standard InChI is InChI=1S/C9H5BrClF3O2/c10-5-3(1-2-4(15)16)7(12)9(14)6(11)8(5)13/h1-2H2,(H,15,16). The summed E-state index contributed by atoms with van der Waals surface area (Å²) in [7, 11) is 0. The Labute approximate surface area is 102 Å². The summed E-state index contributed by atoms with van der Waals surface area (Å²) < 4.78 is 39.2. The topological polar surface area (TPSA) is 37.3 Å². The second-order valence-corrected chi connectivity index (χ2v) is 4.11. The van der Waals surface area contributed by atoms with Crippen LogP contribution in [0.2, 0.25) is 5.02 Å². The van der Waals surface area contributed by atoms with Crippen molar-refractivity contribution in [1.82, 2.24) is 0 Å². The summed E-state index contributed by atoms with van der Waals surface area (Å²) in [6.07, 6.45) is -0.761. The minimum Gasteiger partial charge on any atom is -0.481 e. The number of carbonyl (C=O) groups is 1. The van der Waals surface area contributed by atoms with E-state index in [2.05, 4.69) is 15.9 Å². The maximum Gasteiger partial charge on any atom is 0.303 e. The van der Waals surface area contributed by atoms with E-state index in [1.807, 2.05) is 0 Å². The van der Waals surface area contributed by atoms with Gasteiger partial charge in [0.15, 0.2) is 17.5 Å². The minimum atomic E-state index is -1.51. The number of carboxylic acids is 1. The number of rotatable bonds is 3. The van der Waals surface area contributed by atoms with Crippen LogP contribution in [0, 0.1) is 17.5 Å². The van der Waals surface area contributed by atoms with Gasteiger partial charge in [-0.1, -0.05) is 11.6 Å². The minimum absolute atomic E-state index is 0.327. The van der Waals surface area contributed by atoms with Crippen molar-refractivity contribution < 1.29 is 23.1 Å². The van der Waals surface area contributed by atoms with Gasteiger partial charge in [0.2, 0.25) is 0 Å². The van der Waals surface area contributed by atoms with Gasteiger partial charge in [-0.3, -0.25) is 4.79 Å². The first kappa shape index (κ1) is 13.3. The van der Waals surface area contributed by atoms with Gasteiger partial charge in [0.1, 0.15) is 5.02 Å². The molecule has 88 valence electrons. The lowest BCUT2D eigenvalue weighted by Gasteiger charge is -2.08. The summed E-state index contributed by atoms with van der Waals surface area (Å²) in [4.78, 5) is 10.3. The van der Waals surface area contributed by atoms with E-state index in [1.165, 1.54) is 0 Å². The molecule has 7 heteroatoms. The first-order valence-electron chi connectivity index (χ1n) is 4.08. The molecule has 0 aliphatic rings. The molecule has 0 unspecified atom stereocenters. The van der Waals surface area contributed by atoms with Gasteiger partial charge in [0, 0.05) is 12.0 Å². The Kier molecular flexibility index (Phi) is 4.21. The first-order valence-corrected chi connectivity index (χ1v) is 5.25. The van der Waals surface area contributed by atoms with Crippen molar-refractivity contribution in [3.63, 3.8) is 0 Å². The molecule has 0 aliphatic carbocycles. The Morgan fingerprint density at radius 2 is 1.81 bits per heavy atom. The molecule has 0 atom stereocenters. The maximum atomic E-state index is 13.3. The van der Waals surface area contributed by atoms with Gasteiger partial charge in [-0.05, 0) is 22.4 Å². The zero-order valence-electron chi connectivity index (χ0n) is 7.66. The van der Waals surface area contributed by atoms with Crippen LogP contribution in [0.25, 0.3) is 0 Å². The second kappa shape index (κ2) is 5.05. The molecule has 0 bridgehead atoms. The quantitative estimate of drug-likeness (QED) is 0.684. The number of benzene rings is 1. The molecule has 1 rings (SSSR count). The van der Waals surface area contributed by atoms with Crippen molar-refractivity contribution in [3.8, 4) is 0 Å². The highest BCUT2D eigenvalue weighted by atomic mass is 79.9. The Morgan fingerprint density at radius 3 is 2.31 bits per heavy atom. The lowest BCUT2D eigenvalue weighted by atomic mass is 10.1. The summed E-state index contributed by atoms with van der Waals surface area (Å²) in [5.41, 5.74) is -0.373. The fourth-order valence-corrected chi connectivity index (χ4v) is 1.96. The van der Waals surface area contributed by atoms with Crippen LogP contribution in [0.1, 0.15) is 12.0 Å². The van der Waals surface area contributed by atoms with Crippen molar-refractivity contribution in [2.45, 2.75) is 12.8 Å². The van der Waals surface area contributed by atoms with E-state index < -0.39 is 34.9 Å². The molecule has 0 amide bonds. The van der Waals surface area contributed by atoms with E-state index in [1.54, 1.807) is 0 Å². The molecule has 2 nitrogen and oxygen atoms in total. The third-order valence-corrected chi connectivity index (χ3v) is 3.05. The molecule has 0 heterocycles. The van der Waals surface area contributed by atoms with Crippen molar-refractivity contribution in [3.05, 3.63) is 32.5 Å². The normalized spacial score (nSPS) is 10.6. The Bertz CT molecular complexity index is 422. The maximum absolute atomic E-state index is 13.3. The van der Waals surface area contributed by atoms with Gasteiger partial charge >= 0.3 is 5.97 Å². The van der Waals surface area contributed by atoms with Crippen LogP contribution in [0.4, 0.5) is 13.2 Å². The van der Waals surface area contributed by atoms with E-state index >= 15 is 0 Å². The molecular formula is C9H5BrClF3O2. The van der Waals surface area contributed by atoms with Crippen LogP contribution < -0.4 is 0 Å². The van der Waals surface area contributed by atoms with Gasteiger partial charge in [-0.25, -0.2) is 13.2 Å². The number of carboxylic acid groups (broad SMARTS) is 1. The zero-order valence-corrected chi connectivity index (χ0v) is 10.0. The summed E-state index contributed by atoms with van der Waals surface area (Å²) in [6, 6.07) is 0. The van der Waals surface area contributed by atoms with E-state index in [0.29, 0.717) is 0 Å². The predicted octanol–water partition coefficient (Wildman–Crippen LogP) is 3.54. The van der Waals surface area contributed by atoms with Crippen LogP contribution in [-0.4, -0.2) is 11.1 Å². The fraction of sp³-hybridized carbons (Fsp3) is 0.222. The van der Waals surface area contributed by atoms with Crippen LogP contribution in [0.15, 0.2) is 4.47 Å². The van der Waals surface area contributed by atoms with E-state index in [9.17, 15) is 18.0 Å². The van der Waals surface area contributed by atoms with Crippen LogP contribution in [-0.2, 0) is 11.2 Å². The molecule has 1 aromatic rings. The predicted molar refractivity (Wildman–Crippen MR) is 55.0 cm³/mol. The van der Waals surface area contributed by atoms with Gasteiger partial charge in [0.05, 0.1) is 4.47 Å². The summed E-state index contributed by atoms with van der Waals surface area (Å²) in [5.74, 6) is -5.18. The molecule has 0 spiro atoms. The fourth-order valence-electron chi connectivity index (χ4n) is 1.10. The molecule has 16 heavy (non-hydrogen) atoms. The van der Waals surface area contributed by atoms with Gasteiger partial charge < -0.3 is 5.11 Å². The molecule has 1 aromatic carbocycles. The average Bonchev–Trinajstić information content (AvgIpc) is 2.23. The first-order chi connectivity index (χ1) is 7.36. The van der Waals surface area contributed by atoms with Crippen molar-refractivity contribution in [1.29, 1.82) is 0 Å². The third-order valence-electron chi connectivity index (χ3n) is 1.89. The van der Waals surface area contributed by atoms with Crippen LogP contribution >= 0.6 is 27.5 Å². The molecule has 0 radical (unpaired) electrons. The van der Waals surface area contributed by atoms with Crippen molar-refractivity contribution in [2.24, 2.45) is 0 Å². The van der Waals surface area contributed by atoms with E-state index in [4.69, 9.17) is 16.7 Å². The lowest BCUT2D eigenvalue weighted by Crippen LogP contribution is -2.04. The van der Waals surface area contributed by atoms with E-state index in [0.717, 1.165) is 0 Å². The third kappa shape index (κ3) is 2.49. The van der Waals surface area contributed by atoms with Crippen molar-refractivity contribution in [2.75, 3.05) is 0 Å². The van der Waals surface area contributed by atoms with Gasteiger partial charge in [-0.2, -0.15) is 0 Å². The molecule has 0 saturated heterocycles. The second-order valence-electron chi connectivity index (χ2n) is 2.94. The SMILES string of the molecule is O=C(O)CCc1c(F)c(F)c(Cl)c(F)c1Br. The van der Waals surface area contributed by atoms with Crippen LogP contribution in [0.5, 0.6) is 0 Å². The van der Waals surface area contributed by atoms with E-state index in [-0.39, 0.29) is 16.5 Å². The Hall–Kier alpha value is -0.750. The highest BCUT2D eigenvalue weighted by Gasteiger charge is 2.22. The number of hydrogen-bond acceptors (Lipinski definition) is 1. The summed E-state index contributed by atoms with van der Waals surface area (Å²) in [6.45, 7) is 0. The molecular weight excluding hydrogens is 312 g/mol. The monoisotopic (exact) mass is 316 g/mol. The Balaban J connectivity index is 3.23. The zero-order chi connectivity index (χ0) is 12.5. The summed E-state index contributed by atoms with van der Waals surface area (Å²) in [5, 5.41) is 7.44. The smallest absolute Gasteiger partial charge is 0.303 e. The number of halogens is 5. The lowest BCUT2D eigenvalue weighted by molar-refractivity contribution is -0.136. The van der Waals surface area contributed by atoms with Crippen molar-refractivity contribution >= 4 is 33.5 Å². The Morgan fingerprint density at radius 1 is 1.25 bits per heavy atom. The molecule has 0 aromatic heterocycles. The molecule has 1 N–H and O–H groups in total. The van der Waals surface area contributed by atoms with Crippen LogP contribution in [0.3, 0.4) is 0 Å². The highest BCUT2D eigenvalue weighted by molar-refractivity contribution is 9.10. The average molecular weight is 317 g/mol. The summed E-state index contributed by atoms with van der Waals surface area (Å²) >= 11 is 7.89. The molecule has 0 aliphatic heterocycles. The van der Waals surface area contributed by atoms with Gasteiger partial charge in [-0.15, -0.1) is 0 Å². The largest absolute Gasteiger partial charge is 0.481 e. The molecule has 0 saturated carbocycles.